The number of fused-ring (bicyclic) bond motifs is 1. The zero-order valence-corrected chi connectivity index (χ0v) is 15.9. The van der Waals surface area contributed by atoms with Crippen molar-refractivity contribution in [2.24, 2.45) is 14.1 Å². The molecule has 26 heavy (non-hydrogen) atoms. The minimum atomic E-state index is -0.365. The predicted octanol–water partition coefficient (Wildman–Crippen LogP) is 2.00. The SMILES string of the molecule is CCC(C)Nc1nc2c(c(=O)n(Cc3ccc(C)cc3)c(=O)n2C)n1C. The van der Waals surface area contributed by atoms with Gasteiger partial charge in [0.25, 0.3) is 5.56 Å². The van der Waals surface area contributed by atoms with Gasteiger partial charge in [-0.2, -0.15) is 4.98 Å². The standard InChI is InChI=1S/C19H25N5O2/c1-6-13(3)20-18-21-16-15(22(18)4)17(25)24(19(26)23(16)5)11-14-9-7-12(2)8-10-14/h7-10,13H,6,11H2,1-5H3,(H,20,21). The molecule has 1 N–H and O–H groups in total. The van der Waals surface area contributed by atoms with Crippen molar-refractivity contribution in [3.8, 4) is 0 Å². The van der Waals surface area contributed by atoms with Crippen molar-refractivity contribution < 1.29 is 0 Å². The smallest absolute Gasteiger partial charge is 0.332 e. The van der Waals surface area contributed by atoms with Crippen LogP contribution >= 0.6 is 0 Å². The van der Waals surface area contributed by atoms with Gasteiger partial charge >= 0.3 is 5.69 Å². The molecule has 0 aliphatic heterocycles. The van der Waals surface area contributed by atoms with Crippen molar-refractivity contribution in [3.63, 3.8) is 0 Å². The van der Waals surface area contributed by atoms with Crippen molar-refractivity contribution in [3.05, 3.63) is 56.2 Å². The summed E-state index contributed by atoms with van der Waals surface area (Å²) in [7, 11) is 3.44. The monoisotopic (exact) mass is 355 g/mol. The van der Waals surface area contributed by atoms with Crippen molar-refractivity contribution in [2.75, 3.05) is 5.32 Å². The summed E-state index contributed by atoms with van der Waals surface area (Å²) < 4.78 is 4.43. The van der Waals surface area contributed by atoms with Crippen LogP contribution in [0.5, 0.6) is 0 Å². The van der Waals surface area contributed by atoms with Gasteiger partial charge in [-0.05, 0) is 25.8 Å². The lowest BCUT2D eigenvalue weighted by Gasteiger charge is -2.11. The quantitative estimate of drug-likeness (QED) is 0.760. The summed E-state index contributed by atoms with van der Waals surface area (Å²) in [5.41, 5.74) is 2.18. The summed E-state index contributed by atoms with van der Waals surface area (Å²) in [6, 6.07) is 8.04. The molecular weight excluding hydrogens is 330 g/mol. The van der Waals surface area contributed by atoms with Crippen LogP contribution in [-0.4, -0.2) is 24.7 Å². The minimum absolute atomic E-state index is 0.220. The molecule has 7 heteroatoms. The van der Waals surface area contributed by atoms with E-state index in [-0.39, 0.29) is 23.8 Å². The molecule has 2 aromatic heterocycles. The van der Waals surface area contributed by atoms with E-state index in [2.05, 4.69) is 17.2 Å². The first-order valence-electron chi connectivity index (χ1n) is 8.81. The van der Waals surface area contributed by atoms with E-state index in [9.17, 15) is 9.59 Å². The van der Waals surface area contributed by atoms with Crippen LogP contribution in [0.4, 0.5) is 5.95 Å². The second kappa shape index (κ2) is 6.82. The van der Waals surface area contributed by atoms with Crippen LogP contribution in [0.2, 0.25) is 0 Å². The lowest BCUT2D eigenvalue weighted by molar-refractivity contribution is 0.655. The number of nitrogens with zero attached hydrogens (tertiary/aromatic N) is 4. The van der Waals surface area contributed by atoms with E-state index in [1.165, 1.54) is 9.13 Å². The Balaban J connectivity index is 2.16. The largest absolute Gasteiger partial charge is 0.353 e. The first-order valence-corrected chi connectivity index (χ1v) is 8.81. The summed E-state index contributed by atoms with van der Waals surface area (Å²) >= 11 is 0. The average molecular weight is 355 g/mol. The van der Waals surface area contributed by atoms with Crippen LogP contribution < -0.4 is 16.6 Å². The Morgan fingerprint density at radius 1 is 1.12 bits per heavy atom. The lowest BCUT2D eigenvalue weighted by Crippen LogP contribution is -2.39. The second-order valence-electron chi connectivity index (χ2n) is 6.84. The van der Waals surface area contributed by atoms with Gasteiger partial charge in [0.2, 0.25) is 5.95 Å². The third kappa shape index (κ3) is 3.05. The molecule has 1 unspecified atom stereocenters. The highest BCUT2D eigenvalue weighted by atomic mass is 16.2. The molecule has 0 saturated carbocycles. The van der Waals surface area contributed by atoms with Gasteiger partial charge in [0.05, 0.1) is 6.54 Å². The third-order valence-electron chi connectivity index (χ3n) is 4.81. The molecule has 3 aromatic rings. The van der Waals surface area contributed by atoms with Crippen LogP contribution in [0.3, 0.4) is 0 Å². The van der Waals surface area contributed by atoms with Gasteiger partial charge in [0.15, 0.2) is 11.2 Å². The number of anilines is 1. The van der Waals surface area contributed by atoms with E-state index >= 15 is 0 Å². The van der Waals surface area contributed by atoms with E-state index in [4.69, 9.17) is 0 Å². The molecule has 0 spiro atoms. The number of aryl methyl sites for hydroxylation is 3. The fourth-order valence-electron chi connectivity index (χ4n) is 2.91. The molecule has 7 nitrogen and oxygen atoms in total. The van der Waals surface area contributed by atoms with Crippen molar-refractivity contribution in [2.45, 2.75) is 39.8 Å². The van der Waals surface area contributed by atoms with Gasteiger partial charge in [-0.25, -0.2) is 4.79 Å². The summed E-state index contributed by atoms with van der Waals surface area (Å²) in [6.07, 6.45) is 0.930. The Labute approximate surface area is 151 Å². The fraction of sp³-hybridized carbons (Fsp3) is 0.421. The maximum atomic E-state index is 13.0. The summed E-state index contributed by atoms with van der Waals surface area (Å²) in [5, 5.41) is 3.29. The van der Waals surface area contributed by atoms with Crippen LogP contribution in [0.25, 0.3) is 11.2 Å². The van der Waals surface area contributed by atoms with Crippen molar-refractivity contribution in [1.82, 2.24) is 18.7 Å². The zero-order chi connectivity index (χ0) is 19.0. The average Bonchev–Trinajstić information content (AvgIpc) is 2.95. The second-order valence-corrected chi connectivity index (χ2v) is 6.84. The number of imidazole rings is 1. The fourth-order valence-corrected chi connectivity index (χ4v) is 2.91. The van der Waals surface area contributed by atoms with Gasteiger partial charge in [0, 0.05) is 20.1 Å². The normalized spacial score (nSPS) is 12.5. The van der Waals surface area contributed by atoms with E-state index in [1.54, 1.807) is 18.7 Å². The molecule has 0 fully saturated rings. The molecule has 0 aliphatic carbocycles. The summed E-state index contributed by atoms with van der Waals surface area (Å²) in [4.78, 5) is 30.2. The Hall–Kier alpha value is -2.83. The molecular formula is C19H25N5O2. The number of nitrogens with one attached hydrogen (secondary N) is 1. The maximum Gasteiger partial charge on any atom is 0.332 e. The van der Waals surface area contributed by atoms with Crippen LogP contribution in [0.15, 0.2) is 33.9 Å². The summed E-state index contributed by atoms with van der Waals surface area (Å²) in [6.45, 7) is 6.36. The Morgan fingerprint density at radius 2 is 1.77 bits per heavy atom. The van der Waals surface area contributed by atoms with Gasteiger partial charge < -0.3 is 9.88 Å². The van der Waals surface area contributed by atoms with Crippen molar-refractivity contribution >= 4 is 17.1 Å². The number of rotatable bonds is 5. The van der Waals surface area contributed by atoms with Crippen LogP contribution in [-0.2, 0) is 20.6 Å². The van der Waals surface area contributed by atoms with Gasteiger partial charge in [-0.1, -0.05) is 36.8 Å². The van der Waals surface area contributed by atoms with E-state index in [1.807, 2.05) is 38.1 Å². The van der Waals surface area contributed by atoms with E-state index in [0.717, 1.165) is 17.5 Å². The number of hydrogen-bond acceptors (Lipinski definition) is 4. The Kier molecular flexibility index (Phi) is 4.71. The molecule has 3 rings (SSSR count). The molecule has 1 aromatic carbocycles. The molecule has 138 valence electrons. The molecule has 2 heterocycles. The first kappa shape index (κ1) is 18.0. The number of benzene rings is 1. The van der Waals surface area contributed by atoms with Crippen molar-refractivity contribution in [1.29, 1.82) is 0 Å². The van der Waals surface area contributed by atoms with Gasteiger partial charge in [-0.15, -0.1) is 0 Å². The van der Waals surface area contributed by atoms with Crippen LogP contribution in [0.1, 0.15) is 31.4 Å². The van der Waals surface area contributed by atoms with Gasteiger partial charge in [0.1, 0.15) is 0 Å². The lowest BCUT2D eigenvalue weighted by atomic mass is 10.1. The topological polar surface area (TPSA) is 73.8 Å². The number of hydrogen-bond donors (Lipinski definition) is 1. The molecule has 0 aliphatic rings. The highest BCUT2D eigenvalue weighted by Gasteiger charge is 2.19. The molecule has 0 saturated heterocycles. The highest BCUT2D eigenvalue weighted by Crippen LogP contribution is 2.15. The summed E-state index contributed by atoms with van der Waals surface area (Å²) in [5.74, 6) is 0.592. The maximum absolute atomic E-state index is 13.0. The minimum Gasteiger partial charge on any atom is -0.353 e. The predicted molar refractivity (Wildman–Crippen MR) is 104 cm³/mol. The molecule has 0 amide bonds. The third-order valence-corrected chi connectivity index (χ3v) is 4.81. The first-order chi connectivity index (χ1) is 12.3. The molecule has 1 atom stereocenters. The van der Waals surface area contributed by atoms with E-state index in [0.29, 0.717) is 17.1 Å². The highest BCUT2D eigenvalue weighted by molar-refractivity contribution is 5.74. The van der Waals surface area contributed by atoms with E-state index < -0.39 is 0 Å². The Morgan fingerprint density at radius 3 is 2.38 bits per heavy atom. The van der Waals surface area contributed by atoms with Gasteiger partial charge in [-0.3, -0.25) is 13.9 Å². The molecule has 0 bridgehead atoms. The number of aromatic nitrogens is 4. The zero-order valence-electron chi connectivity index (χ0n) is 15.9. The molecule has 0 radical (unpaired) electrons. The Bertz CT molecular complexity index is 1060. The van der Waals surface area contributed by atoms with Crippen LogP contribution in [0, 0.1) is 6.92 Å².